The van der Waals surface area contributed by atoms with Crippen LogP contribution in [0.4, 0.5) is 0 Å². The Bertz CT molecular complexity index is 4120. The van der Waals surface area contributed by atoms with Gasteiger partial charge in [0.1, 0.15) is 0 Å². The summed E-state index contributed by atoms with van der Waals surface area (Å²) in [6, 6.07) is 30.1. The Morgan fingerprint density at radius 1 is 0.316 bits per heavy atom. The van der Waals surface area contributed by atoms with Gasteiger partial charge in [0.25, 0.3) is 0 Å². The van der Waals surface area contributed by atoms with Crippen molar-refractivity contribution < 1.29 is 14.7 Å². The van der Waals surface area contributed by atoms with Crippen molar-refractivity contribution >= 4 is 87.8 Å². The van der Waals surface area contributed by atoms with Crippen molar-refractivity contribution in [3.63, 3.8) is 0 Å². The second-order valence-electron chi connectivity index (χ2n) is 35.2. The summed E-state index contributed by atoms with van der Waals surface area (Å²) in [5, 5.41) is 6.14. The summed E-state index contributed by atoms with van der Waals surface area (Å²) in [6.07, 6.45) is 50.5. The van der Waals surface area contributed by atoms with E-state index in [-0.39, 0.29) is 23.7 Å². The molecule has 2 saturated heterocycles. The molecule has 5 spiro atoms. The standard InChI is InChI=1S/2C43H52Si3.2ClH.Hf/c2*1-28-24-32(20-22-40(28)45(6,7)8)34-16-12-14-18-36-38(34)26-30(3)42(36)44(5)43-31(4)27-39-35(17-13-15-19-37(39)43)33-21-23-41(29(2)25-33)46(9,10)11;;;/h2*12-27,34-35,44H,1-11H3;2*1H;/q;;;;+2/p-2. The molecule has 0 radical (unpaired) electrons. The van der Waals surface area contributed by atoms with Crippen molar-refractivity contribution in [2.75, 3.05) is 0 Å². The minimum absolute atomic E-state index is 0.00301. The second kappa shape index (κ2) is 21.5. The molecule has 2 heterocycles. The molecule has 14 rings (SSSR count). The third-order valence-corrected chi connectivity index (χ3v) is 153. The van der Waals surface area contributed by atoms with E-state index in [1.54, 1.807) is 0 Å². The summed E-state index contributed by atoms with van der Waals surface area (Å²) in [5.74, 6) is 0.0120. The van der Waals surface area contributed by atoms with Gasteiger partial charge in [0.05, 0.1) is 0 Å². The molecule has 10 aliphatic rings. The average Bonchev–Trinajstić information content (AvgIpc) is 1.52. The third-order valence-electron chi connectivity index (χ3n) is 26.8. The number of hydrogen-bond donors (Lipinski definition) is 0. The van der Waals surface area contributed by atoms with Crippen molar-refractivity contribution in [1.29, 1.82) is 0 Å². The Morgan fingerprint density at radius 2 is 0.516 bits per heavy atom. The molecule has 9 heteroatoms. The second-order valence-corrected chi connectivity index (χ2v) is 110. The molecule has 8 aliphatic carbocycles. The van der Waals surface area contributed by atoms with Crippen molar-refractivity contribution in [3.05, 3.63) is 306 Å². The molecule has 0 aromatic heterocycles. The zero-order valence-electron chi connectivity index (χ0n) is 61.2. The van der Waals surface area contributed by atoms with Crippen molar-refractivity contribution in [2.45, 2.75) is 182 Å². The topological polar surface area (TPSA) is 0 Å². The predicted molar refractivity (Wildman–Crippen MR) is 432 cm³/mol. The van der Waals surface area contributed by atoms with Crippen LogP contribution in [0.3, 0.4) is 0 Å². The molecule has 0 bridgehead atoms. The van der Waals surface area contributed by atoms with E-state index in [1.807, 2.05) is 0 Å². The molecule has 4 aromatic carbocycles. The van der Waals surface area contributed by atoms with Gasteiger partial charge < -0.3 is 0 Å². The molecule has 8 unspecified atom stereocenters. The van der Waals surface area contributed by atoms with Crippen LogP contribution in [0.5, 0.6) is 0 Å². The average molecular weight is 1560 g/mol. The fraction of sp³-hybridized carbons (Fsp3) is 0.349. The van der Waals surface area contributed by atoms with Gasteiger partial charge in [-0.25, -0.2) is 0 Å². The van der Waals surface area contributed by atoms with E-state index >= 15 is 0 Å². The molecular weight excluding hydrogens is 1450 g/mol. The molecule has 0 amide bonds. The van der Waals surface area contributed by atoms with Crippen LogP contribution in [0.2, 0.25) is 103 Å². The summed E-state index contributed by atoms with van der Waals surface area (Å²) in [5.41, 5.74) is 28.0. The zero-order chi connectivity index (χ0) is 68.4. The molecule has 2 aliphatic heterocycles. The number of hydrogen-bond acceptors (Lipinski definition) is 0. The van der Waals surface area contributed by atoms with Gasteiger partial charge in [-0.1, -0.05) is 0 Å². The molecule has 490 valence electrons. The van der Waals surface area contributed by atoms with E-state index in [0.717, 1.165) is 0 Å². The fourth-order valence-electron chi connectivity index (χ4n) is 24.8. The van der Waals surface area contributed by atoms with E-state index in [0.29, 0.717) is 0 Å². The maximum atomic E-state index is 11.6. The molecule has 0 nitrogen and oxygen atoms in total. The quantitative estimate of drug-likeness (QED) is 0.154. The number of rotatable bonds is 8. The Kier molecular flexibility index (Phi) is 15.3. The Hall–Kier alpha value is -4.53. The Labute approximate surface area is 584 Å². The molecule has 95 heavy (non-hydrogen) atoms. The van der Waals surface area contributed by atoms with Gasteiger partial charge in [0, 0.05) is 0 Å². The number of allylic oxidation sites excluding steroid dienone is 32. The van der Waals surface area contributed by atoms with Gasteiger partial charge in [-0.2, -0.15) is 0 Å². The van der Waals surface area contributed by atoms with Gasteiger partial charge in [-0.15, -0.1) is 0 Å². The van der Waals surface area contributed by atoms with Crippen LogP contribution >= 0.6 is 17.2 Å². The number of halogens is 2. The first kappa shape index (κ1) is 67.6. The van der Waals surface area contributed by atoms with Crippen LogP contribution < -0.4 is 20.7 Å². The summed E-state index contributed by atoms with van der Waals surface area (Å²) >= 11 is -7.83. The molecule has 0 N–H and O–H groups in total. The SMILES string of the molecule is CC1=CC2=C(C=CC=CC2c2ccc([Si](C)(C)C)c(C)c2)[C]12[SiH](C)[C]1(C(C)=CC3=C1C=CC=CC3c1ccc([Si](C)(C)C)c(C)c1)[Hf]21([Cl])([Cl])[C]2(C(C)=CC3=C2C=CC=CC3c2ccc([Si](C)(C)C)c(C)c2)[SiH](C)[C]12C(C)=CC1=C2C=CC=CC1c1ccc([Si](C)(C)C)c(C)c1. The minimum atomic E-state index is -7.83. The Morgan fingerprint density at radius 3 is 0.695 bits per heavy atom. The Balaban J connectivity index is 1.17. The molecule has 2 fully saturated rings. The maximum absolute atomic E-state index is 11.6. The van der Waals surface area contributed by atoms with Crippen LogP contribution in [0, 0.1) is 27.7 Å². The van der Waals surface area contributed by atoms with E-state index in [9.17, 15) is 17.2 Å². The first-order valence-corrected chi connectivity index (χ1v) is 70.5. The molecule has 4 aromatic rings. The van der Waals surface area contributed by atoms with E-state index in [1.165, 1.54) is 132 Å². The third kappa shape index (κ3) is 7.84. The normalized spacial score (nSPS) is 31.9. The summed E-state index contributed by atoms with van der Waals surface area (Å²) in [6.45, 7) is 55.3. The van der Waals surface area contributed by atoms with Gasteiger partial charge in [-0.3, -0.25) is 0 Å². The van der Waals surface area contributed by atoms with Crippen LogP contribution in [0.15, 0.2) is 261 Å². The van der Waals surface area contributed by atoms with Crippen LogP contribution in [0.1, 0.15) is 95.9 Å². The molecule has 8 atom stereocenters. The van der Waals surface area contributed by atoms with Gasteiger partial charge in [0.2, 0.25) is 0 Å². The first-order valence-electron chi connectivity index (χ1n) is 35.7. The molecule has 0 saturated carbocycles. The number of aryl methyl sites for hydroxylation is 4. The fourth-order valence-corrected chi connectivity index (χ4v) is 204. The summed E-state index contributed by atoms with van der Waals surface area (Å²) in [7, 11) is 11.6. The van der Waals surface area contributed by atoms with Crippen LogP contribution in [-0.4, -0.2) is 49.9 Å². The zero-order valence-corrected chi connectivity index (χ0v) is 72.6. The van der Waals surface area contributed by atoms with E-state index in [2.05, 4.69) is 341 Å². The van der Waals surface area contributed by atoms with Gasteiger partial charge in [-0.05, 0) is 0 Å². The van der Waals surface area contributed by atoms with Crippen LogP contribution in [-0.2, 0) is 14.7 Å². The van der Waals surface area contributed by atoms with Crippen molar-refractivity contribution in [3.8, 4) is 0 Å². The summed E-state index contributed by atoms with van der Waals surface area (Å²) < 4.78 is -2.71. The van der Waals surface area contributed by atoms with Gasteiger partial charge >= 0.3 is 590 Å². The van der Waals surface area contributed by atoms with Crippen molar-refractivity contribution in [2.24, 2.45) is 0 Å². The first-order chi connectivity index (χ1) is 44.4. The van der Waals surface area contributed by atoms with E-state index in [4.69, 9.17) is 0 Å². The van der Waals surface area contributed by atoms with E-state index < -0.39 is 75.7 Å². The number of fused-ring (bicyclic) bond motifs is 8. The molecular formula is C86H104Cl2HfSi6. The predicted octanol–water partition coefficient (Wildman–Crippen LogP) is 22.1. The van der Waals surface area contributed by atoms with Gasteiger partial charge in [0.15, 0.2) is 0 Å². The van der Waals surface area contributed by atoms with Crippen LogP contribution in [0.25, 0.3) is 0 Å². The number of benzene rings is 4. The monoisotopic (exact) mass is 1550 g/mol. The van der Waals surface area contributed by atoms with Crippen molar-refractivity contribution in [1.82, 2.24) is 0 Å². The summed E-state index contributed by atoms with van der Waals surface area (Å²) in [4.78, 5) is 0.